The van der Waals surface area contributed by atoms with Gasteiger partial charge in [0, 0.05) is 6.04 Å². The van der Waals surface area contributed by atoms with Crippen molar-refractivity contribution in [3.8, 4) is 0 Å². The summed E-state index contributed by atoms with van der Waals surface area (Å²) in [5, 5.41) is 3.01. The molecule has 0 aliphatic carbocycles. The summed E-state index contributed by atoms with van der Waals surface area (Å²) in [6.07, 6.45) is 0.807. The van der Waals surface area contributed by atoms with Crippen LogP contribution in [-0.2, 0) is 9.84 Å². The average Bonchev–Trinajstić information content (AvgIpc) is 2.26. The summed E-state index contributed by atoms with van der Waals surface area (Å²) in [6.45, 7) is 3.92. The number of rotatable bonds is 5. The number of aryl methyl sites for hydroxylation is 1. The molecule has 0 radical (unpaired) electrons. The van der Waals surface area contributed by atoms with Gasteiger partial charge in [0.25, 0.3) is 0 Å². The Bertz CT molecular complexity index is 419. The Labute approximate surface area is 97.8 Å². The van der Waals surface area contributed by atoms with Crippen LogP contribution in [0.3, 0.4) is 0 Å². The first-order valence-electron chi connectivity index (χ1n) is 5.46. The normalized spacial score (nSPS) is 13.7. The van der Waals surface area contributed by atoms with Gasteiger partial charge in [-0.1, -0.05) is 24.6 Å². The van der Waals surface area contributed by atoms with E-state index in [0.29, 0.717) is 4.90 Å². The van der Waals surface area contributed by atoms with Crippen molar-refractivity contribution in [3.05, 3.63) is 29.8 Å². The maximum atomic E-state index is 12.0. The number of sulfone groups is 1. The van der Waals surface area contributed by atoms with Crippen molar-refractivity contribution in [3.63, 3.8) is 0 Å². The van der Waals surface area contributed by atoms with Gasteiger partial charge in [0.2, 0.25) is 0 Å². The van der Waals surface area contributed by atoms with Crippen LogP contribution in [0.4, 0.5) is 0 Å². The van der Waals surface area contributed by atoms with E-state index < -0.39 is 9.84 Å². The summed E-state index contributed by atoms with van der Waals surface area (Å²) >= 11 is 0. The van der Waals surface area contributed by atoms with E-state index in [0.717, 1.165) is 12.0 Å². The lowest BCUT2D eigenvalue weighted by atomic mass is 10.2. The van der Waals surface area contributed by atoms with Crippen LogP contribution in [0.25, 0.3) is 0 Å². The first kappa shape index (κ1) is 13.2. The molecule has 3 nitrogen and oxygen atoms in total. The summed E-state index contributed by atoms with van der Waals surface area (Å²) in [5.41, 5.74) is 1.07. The van der Waals surface area contributed by atoms with E-state index in [1.54, 1.807) is 19.2 Å². The zero-order valence-electron chi connectivity index (χ0n) is 10.0. The van der Waals surface area contributed by atoms with Crippen LogP contribution in [0.1, 0.15) is 18.9 Å². The molecule has 1 unspecified atom stereocenters. The molecule has 4 heteroatoms. The van der Waals surface area contributed by atoms with Crippen molar-refractivity contribution in [2.45, 2.75) is 31.2 Å². The molecule has 16 heavy (non-hydrogen) atoms. The van der Waals surface area contributed by atoms with Crippen LogP contribution in [0, 0.1) is 6.92 Å². The number of benzene rings is 1. The first-order valence-corrected chi connectivity index (χ1v) is 7.11. The first-order chi connectivity index (χ1) is 7.49. The van der Waals surface area contributed by atoms with Gasteiger partial charge in [-0.3, -0.25) is 0 Å². The van der Waals surface area contributed by atoms with Crippen LogP contribution in [0.15, 0.2) is 29.2 Å². The molecule has 0 aromatic heterocycles. The molecule has 0 heterocycles. The Morgan fingerprint density at radius 2 is 1.81 bits per heavy atom. The van der Waals surface area contributed by atoms with Gasteiger partial charge in [-0.25, -0.2) is 8.42 Å². The Kier molecular flexibility index (Phi) is 4.50. The third-order valence-corrected chi connectivity index (χ3v) is 4.53. The largest absolute Gasteiger partial charge is 0.316 e. The fourth-order valence-electron chi connectivity index (χ4n) is 1.51. The Balaban J connectivity index is 2.89. The van der Waals surface area contributed by atoms with Crippen LogP contribution in [0.2, 0.25) is 0 Å². The molecular weight excluding hydrogens is 222 g/mol. The zero-order valence-corrected chi connectivity index (χ0v) is 10.8. The molecule has 0 fully saturated rings. The molecule has 0 saturated carbocycles. The highest BCUT2D eigenvalue weighted by molar-refractivity contribution is 7.91. The SMILES string of the molecule is CCC(CS(=O)(=O)c1ccc(C)cc1)NC. The fourth-order valence-corrected chi connectivity index (χ4v) is 3.19. The van der Waals surface area contributed by atoms with E-state index in [1.807, 2.05) is 26.0 Å². The second-order valence-corrected chi connectivity index (χ2v) is 6.02. The Hall–Kier alpha value is -0.870. The Morgan fingerprint density at radius 1 is 1.25 bits per heavy atom. The van der Waals surface area contributed by atoms with Gasteiger partial charge in [0.05, 0.1) is 10.6 Å². The third kappa shape index (κ3) is 3.32. The van der Waals surface area contributed by atoms with Crippen LogP contribution in [0.5, 0.6) is 0 Å². The van der Waals surface area contributed by atoms with E-state index >= 15 is 0 Å². The molecule has 0 amide bonds. The minimum Gasteiger partial charge on any atom is -0.316 e. The maximum Gasteiger partial charge on any atom is 0.179 e. The van der Waals surface area contributed by atoms with E-state index in [1.165, 1.54) is 0 Å². The van der Waals surface area contributed by atoms with Gasteiger partial charge in [0.15, 0.2) is 9.84 Å². The van der Waals surface area contributed by atoms with Crippen molar-refractivity contribution in [1.29, 1.82) is 0 Å². The molecule has 0 bridgehead atoms. The quantitative estimate of drug-likeness (QED) is 0.854. The third-order valence-electron chi connectivity index (χ3n) is 2.70. The average molecular weight is 241 g/mol. The molecule has 1 aromatic rings. The minimum atomic E-state index is -3.16. The highest BCUT2D eigenvalue weighted by Crippen LogP contribution is 2.13. The van der Waals surface area contributed by atoms with Gasteiger partial charge in [-0.05, 0) is 32.5 Å². The Morgan fingerprint density at radius 3 is 2.25 bits per heavy atom. The molecule has 0 spiro atoms. The molecule has 0 saturated heterocycles. The summed E-state index contributed by atoms with van der Waals surface area (Å²) in [5.74, 6) is 0.156. The summed E-state index contributed by atoms with van der Waals surface area (Å²) in [6, 6.07) is 7.02. The van der Waals surface area contributed by atoms with Gasteiger partial charge in [0.1, 0.15) is 0 Å². The van der Waals surface area contributed by atoms with Crippen LogP contribution < -0.4 is 5.32 Å². The zero-order chi connectivity index (χ0) is 12.2. The molecule has 0 aliphatic heterocycles. The van der Waals surface area contributed by atoms with Gasteiger partial charge in [-0.15, -0.1) is 0 Å². The van der Waals surface area contributed by atoms with Crippen molar-refractivity contribution in [1.82, 2.24) is 5.32 Å². The van der Waals surface area contributed by atoms with E-state index in [4.69, 9.17) is 0 Å². The van der Waals surface area contributed by atoms with Crippen molar-refractivity contribution in [2.75, 3.05) is 12.8 Å². The van der Waals surface area contributed by atoms with Crippen molar-refractivity contribution in [2.24, 2.45) is 0 Å². The summed E-state index contributed by atoms with van der Waals surface area (Å²) in [4.78, 5) is 0.409. The molecule has 1 atom stereocenters. The molecule has 1 rings (SSSR count). The summed E-state index contributed by atoms with van der Waals surface area (Å²) < 4.78 is 24.1. The number of hydrogen-bond donors (Lipinski definition) is 1. The lowest BCUT2D eigenvalue weighted by Gasteiger charge is -2.14. The molecule has 0 aliphatic rings. The predicted molar refractivity (Wildman–Crippen MR) is 66.4 cm³/mol. The van der Waals surface area contributed by atoms with Gasteiger partial charge in [-0.2, -0.15) is 0 Å². The number of hydrogen-bond acceptors (Lipinski definition) is 3. The maximum absolute atomic E-state index is 12.0. The molecule has 90 valence electrons. The van der Waals surface area contributed by atoms with Crippen molar-refractivity contribution < 1.29 is 8.42 Å². The van der Waals surface area contributed by atoms with Gasteiger partial charge < -0.3 is 5.32 Å². The fraction of sp³-hybridized carbons (Fsp3) is 0.500. The standard InChI is InChI=1S/C12H19NO2S/c1-4-11(13-3)9-16(14,15)12-7-5-10(2)6-8-12/h5-8,11,13H,4,9H2,1-3H3. The molecular formula is C12H19NO2S. The monoisotopic (exact) mass is 241 g/mol. The minimum absolute atomic E-state index is 0.0197. The predicted octanol–water partition coefficient (Wildman–Crippen LogP) is 1.77. The van der Waals surface area contributed by atoms with Crippen LogP contribution >= 0.6 is 0 Å². The second kappa shape index (κ2) is 5.46. The van der Waals surface area contributed by atoms with Crippen LogP contribution in [-0.4, -0.2) is 27.3 Å². The second-order valence-electron chi connectivity index (χ2n) is 3.99. The number of nitrogens with one attached hydrogen (secondary N) is 1. The topological polar surface area (TPSA) is 46.2 Å². The van der Waals surface area contributed by atoms with E-state index in [-0.39, 0.29) is 11.8 Å². The highest BCUT2D eigenvalue weighted by Gasteiger charge is 2.18. The smallest absolute Gasteiger partial charge is 0.179 e. The lowest BCUT2D eigenvalue weighted by Crippen LogP contribution is -2.32. The van der Waals surface area contributed by atoms with E-state index in [9.17, 15) is 8.42 Å². The molecule has 1 N–H and O–H groups in total. The summed E-state index contributed by atoms with van der Waals surface area (Å²) in [7, 11) is -1.37. The van der Waals surface area contributed by atoms with E-state index in [2.05, 4.69) is 5.32 Å². The molecule has 1 aromatic carbocycles. The van der Waals surface area contributed by atoms with Gasteiger partial charge >= 0.3 is 0 Å². The van der Waals surface area contributed by atoms with Crippen molar-refractivity contribution >= 4 is 9.84 Å². The highest BCUT2D eigenvalue weighted by atomic mass is 32.2. The lowest BCUT2D eigenvalue weighted by molar-refractivity contribution is 0.556.